The fourth-order valence-electron chi connectivity index (χ4n) is 1.99. The minimum Gasteiger partial charge on any atom is -0.339 e. The van der Waals surface area contributed by atoms with Crippen molar-refractivity contribution in [2.24, 2.45) is 0 Å². The van der Waals surface area contributed by atoms with E-state index in [1.807, 2.05) is 24.3 Å². The summed E-state index contributed by atoms with van der Waals surface area (Å²) in [5.74, 6) is 0.757. The topological polar surface area (TPSA) is 80.9 Å². The van der Waals surface area contributed by atoms with Gasteiger partial charge in [0, 0.05) is 39.7 Å². The first-order valence-corrected chi connectivity index (χ1v) is 8.68. The predicted molar refractivity (Wildman–Crippen MR) is 96.3 cm³/mol. The van der Waals surface area contributed by atoms with Crippen molar-refractivity contribution in [2.75, 3.05) is 5.32 Å². The third-order valence-electron chi connectivity index (χ3n) is 3.16. The summed E-state index contributed by atoms with van der Waals surface area (Å²) in [6.45, 7) is 0. The Hall–Kier alpha value is -2.06. The van der Waals surface area contributed by atoms with E-state index in [-0.39, 0.29) is 12.3 Å². The molecular formula is C16H12Br2N4O2. The first-order chi connectivity index (χ1) is 11.6. The molecule has 0 fully saturated rings. The molecule has 1 N–H and O–H groups in total. The maximum absolute atomic E-state index is 12.1. The first kappa shape index (κ1) is 16.8. The zero-order valence-electron chi connectivity index (χ0n) is 12.4. The summed E-state index contributed by atoms with van der Waals surface area (Å²) in [5, 5.41) is 6.74. The summed E-state index contributed by atoms with van der Waals surface area (Å²) >= 11 is 6.78. The lowest BCUT2D eigenvalue weighted by atomic mass is 10.2. The number of carbonyl (C=O) groups is 1. The lowest BCUT2D eigenvalue weighted by Gasteiger charge is -2.06. The number of aryl methyl sites for hydroxylation is 1. The normalized spacial score (nSPS) is 10.6. The molecule has 6 nitrogen and oxygen atoms in total. The zero-order valence-corrected chi connectivity index (χ0v) is 15.5. The van der Waals surface area contributed by atoms with E-state index in [1.165, 1.54) is 0 Å². The van der Waals surface area contributed by atoms with Crippen molar-refractivity contribution in [3.63, 3.8) is 0 Å². The second-order valence-electron chi connectivity index (χ2n) is 4.93. The van der Waals surface area contributed by atoms with E-state index >= 15 is 0 Å². The average Bonchev–Trinajstić information content (AvgIpc) is 3.05. The number of carbonyl (C=O) groups excluding carboxylic acids is 1. The van der Waals surface area contributed by atoms with Crippen LogP contribution in [0, 0.1) is 0 Å². The van der Waals surface area contributed by atoms with Gasteiger partial charge in [0.15, 0.2) is 0 Å². The maximum Gasteiger partial charge on any atom is 0.227 e. The number of nitrogens with one attached hydrogen (secondary N) is 1. The van der Waals surface area contributed by atoms with Crippen LogP contribution in [0.1, 0.15) is 12.3 Å². The van der Waals surface area contributed by atoms with Gasteiger partial charge in [-0.2, -0.15) is 4.98 Å². The Bertz CT molecular complexity index is 852. The van der Waals surface area contributed by atoms with Gasteiger partial charge in [0.25, 0.3) is 0 Å². The molecule has 0 saturated carbocycles. The molecule has 2 aromatic heterocycles. The van der Waals surface area contributed by atoms with Crippen molar-refractivity contribution in [1.82, 2.24) is 15.1 Å². The molecule has 0 unspecified atom stereocenters. The van der Waals surface area contributed by atoms with Gasteiger partial charge in [-0.1, -0.05) is 21.1 Å². The van der Waals surface area contributed by atoms with Gasteiger partial charge in [-0.15, -0.1) is 0 Å². The van der Waals surface area contributed by atoms with Gasteiger partial charge < -0.3 is 9.84 Å². The number of benzene rings is 1. The Labute approximate surface area is 154 Å². The quantitative estimate of drug-likeness (QED) is 0.627. The van der Waals surface area contributed by atoms with E-state index in [4.69, 9.17) is 4.52 Å². The van der Waals surface area contributed by atoms with Gasteiger partial charge in [0.05, 0.1) is 5.69 Å². The summed E-state index contributed by atoms with van der Waals surface area (Å²) < 4.78 is 6.91. The number of hydrogen-bond donors (Lipinski definition) is 1. The highest BCUT2D eigenvalue weighted by Crippen LogP contribution is 2.26. The fourth-order valence-corrected chi connectivity index (χ4v) is 3.14. The molecule has 8 heteroatoms. The van der Waals surface area contributed by atoms with Crippen LogP contribution in [-0.4, -0.2) is 21.0 Å². The molecule has 2 heterocycles. The lowest BCUT2D eigenvalue weighted by Crippen LogP contribution is -2.12. The summed E-state index contributed by atoms with van der Waals surface area (Å²) in [5.41, 5.74) is 1.49. The molecule has 0 bridgehead atoms. The molecule has 0 radical (unpaired) electrons. The summed E-state index contributed by atoms with van der Waals surface area (Å²) in [7, 11) is 0. The maximum atomic E-state index is 12.1. The Morgan fingerprint density at radius 2 is 2.12 bits per heavy atom. The molecule has 122 valence electrons. The zero-order chi connectivity index (χ0) is 16.9. The van der Waals surface area contributed by atoms with Crippen LogP contribution >= 0.6 is 31.9 Å². The molecule has 0 aliphatic carbocycles. The van der Waals surface area contributed by atoms with Gasteiger partial charge in [-0.3, -0.25) is 9.78 Å². The number of halogens is 2. The number of amides is 1. The molecule has 3 aromatic rings. The first-order valence-electron chi connectivity index (χ1n) is 7.10. The highest BCUT2D eigenvalue weighted by atomic mass is 79.9. The highest BCUT2D eigenvalue weighted by molar-refractivity contribution is 9.11. The molecule has 1 aromatic carbocycles. The number of anilines is 1. The Morgan fingerprint density at radius 3 is 2.88 bits per heavy atom. The summed E-state index contributed by atoms with van der Waals surface area (Å²) in [6, 6.07) is 9.19. The Kier molecular flexibility index (Phi) is 5.37. The van der Waals surface area contributed by atoms with Gasteiger partial charge in [-0.25, -0.2) is 0 Å². The number of pyridine rings is 1. The Balaban J connectivity index is 1.58. The van der Waals surface area contributed by atoms with Gasteiger partial charge >= 0.3 is 0 Å². The van der Waals surface area contributed by atoms with Crippen LogP contribution in [0.3, 0.4) is 0 Å². The van der Waals surface area contributed by atoms with Crippen LogP contribution in [0.15, 0.2) is 56.2 Å². The van der Waals surface area contributed by atoms with Crippen molar-refractivity contribution in [3.8, 4) is 11.4 Å². The van der Waals surface area contributed by atoms with Crippen LogP contribution in [-0.2, 0) is 11.2 Å². The van der Waals surface area contributed by atoms with E-state index in [0.717, 1.165) is 14.5 Å². The lowest BCUT2D eigenvalue weighted by molar-refractivity contribution is -0.116. The number of hydrogen-bond acceptors (Lipinski definition) is 5. The van der Waals surface area contributed by atoms with Gasteiger partial charge in [0.2, 0.25) is 17.6 Å². The van der Waals surface area contributed by atoms with E-state index in [0.29, 0.717) is 23.8 Å². The Morgan fingerprint density at radius 1 is 1.25 bits per heavy atom. The van der Waals surface area contributed by atoms with E-state index < -0.39 is 0 Å². The van der Waals surface area contributed by atoms with Crippen LogP contribution in [0.5, 0.6) is 0 Å². The molecule has 1 amide bonds. The molecule has 0 spiro atoms. The van der Waals surface area contributed by atoms with E-state index in [1.54, 1.807) is 18.5 Å². The molecular weight excluding hydrogens is 440 g/mol. The summed E-state index contributed by atoms with van der Waals surface area (Å²) in [4.78, 5) is 20.3. The third-order valence-corrected chi connectivity index (χ3v) is 4.31. The van der Waals surface area contributed by atoms with Crippen molar-refractivity contribution in [1.29, 1.82) is 0 Å². The molecule has 0 atom stereocenters. The number of nitrogens with zero attached hydrogens (tertiary/aromatic N) is 3. The average molecular weight is 452 g/mol. The minimum atomic E-state index is -0.126. The van der Waals surface area contributed by atoms with Crippen molar-refractivity contribution < 1.29 is 9.32 Å². The largest absolute Gasteiger partial charge is 0.339 e. The third kappa shape index (κ3) is 4.27. The van der Waals surface area contributed by atoms with Crippen molar-refractivity contribution in [2.45, 2.75) is 12.8 Å². The summed E-state index contributed by atoms with van der Waals surface area (Å²) in [6.07, 6.45) is 3.95. The fraction of sp³-hybridized carbons (Fsp3) is 0.125. The molecule has 0 saturated heterocycles. The standard InChI is InChI=1S/C16H12Br2N4O2/c17-11-3-4-13(12(18)8-11)20-14(23)5-6-15-21-16(22-24-15)10-2-1-7-19-9-10/h1-4,7-9H,5-6H2,(H,20,23). The number of aromatic nitrogens is 3. The van der Waals surface area contributed by atoms with Crippen molar-refractivity contribution >= 4 is 43.5 Å². The second kappa shape index (κ2) is 7.67. The van der Waals surface area contributed by atoms with E-state index in [2.05, 4.69) is 52.3 Å². The van der Waals surface area contributed by atoms with Crippen molar-refractivity contribution in [3.05, 3.63) is 57.6 Å². The molecule has 3 rings (SSSR count). The highest BCUT2D eigenvalue weighted by Gasteiger charge is 2.11. The van der Waals surface area contributed by atoms with E-state index in [9.17, 15) is 4.79 Å². The molecule has 0 aliphatic heterocycles. The second-order valence-corrected chi connectivity index (χ2v) is 6.70. The SMILES string of the molecule is O=C(CCc1nc(-c2cccnc2)no1)Nc1ccc(Br)cc1Br. The van der Waals surface area contributed by atoms with Gasteiger partial charge in [-0.05, 0) is 46.3 Å². The van der Waals surface area contributed by atoms with Crippen LogP contribution in [0.25, 0.3) is 11.4 Å². The minimum absolute atomic E-state index is 0.126. The monoisotopic (exact) mass is 450 g/mol. The smallest absolute Gasteiger partial charge is 0.227 e. The van der Waals surface area contributed by atoms with Crippen LogP contribution in [0.2, 0.25) is 0 Å². The van der Waals surface area contributed by atoms with Gasteiger partial charge in [0.1, 0.15) is 0 Å². The molecule has 0 aliphatic rings. The van der Waals surface area contributed by atoms with Crippen LogP contribution in [0.4, 0.5) is 5.69 Å². The number of rotatable bonds is 5. The predicted octanol–water partition coefficient (Wildman–Crippen LogP) is 4.23. The van der Waals surface area contributed by atoms with Crippen LogP contribution < -0.4 is 5.32 Å². The molecule has 24 heavy (non-hydrogen) atoms.